The summed E-state index contributed by atoms with van der Waals surface area (Å²) in [6.45, 7) is 0.939. The predicted molar refractivity (Wildman–Crippen MR) is 76.2 cm³/mol. The molecule has 0 unspecified atom stereocenters. The Kier molecular flexibility index (Phi) is 6.18. The number of hydrogen-bond donors (Lipinski definition) is 2. The number of unbranched alkanes of at least 4 members (excludes halogenated alkanes) is 1. The maximum absolute atomic E-state index is 5.55. The average Bonchev–Trinajstić information content (AvgIpc) is 2.29. The van der Waals surface area contributed by atoms with Crippen LogP contribution in [0.4, 0.5) is 5.82 Å². The van der Waals surface area contributed by atoms with Crippen LogP contribution in [-0.4, -0.2) is 28.5 Å². The summed E-state index contributed by atoms with van der Waals surface area (Å²) >= 11 is 6.79. The standard InChI is InChI=1S/C11H17N3S2/c1-16-7-3-2-5-13-10-8-9(11(12)15)4-6-14-10/h4,6,8H,2-3,5,7H2,1H3,(H2,12,15)(H,13,14). The molecule has 3 nitrogen and oxygen atoms in total. The molecule has 0 aliphatic rings. The Balaban J connectivity index is 2.36. The number of nitrogens with two attached hydrogens (primary N) is 1. The molecule has 0 aliphatic carbocycles. The van der Waals surface area contributed by atoms with Crippen LogP contribution >= 0.6 is 24.0 Å². The van der Waals surface area contributed by atoms with Gasteiger partial charge in [-0.2, -0.15) is 11.8 Å². The first kappa shape index (κ1) is 13.3. The van der Waals surface area contributed by atoms with Crippen molar-refractivity contribution in [2.75, 3.05) is 23.9 Å². The zero-order chi connectivity index (χ0) is 11.8. The Morgan fingerprint density at radius 1 is 1.56 bits per heavy atom. The largest absolute Gasteiger partial charge is 0.389 e. The monoisotopic (exact) mass is 255 g/mol. The van der Waals surface area contributed by atoms with Crippen molar-refractivity contribution in [3.63, 3.8) is 0 Å². The average molecular weight is 255 g/mol. The Hall–Kier alpha value is -0.810. The van der Waals surface area contributed by atoms with Crippen LogP contribution < -0.4 is 11.1 Å². The Bertz CT molecular complexity index is 342. The Morgan fingerprint density at radius 2 is 2.38 bits per heavy atom. The first-order chi connectivity index (χ1) is 7.74. The third-order valence-corrected chi connectivity index (χ3v) is 3.06. The molecular formula is C11H17N3S2. The number of pyridine rings is 1. The van der Waals surface area contributed by atoms with Gasteiger partial charge in [0.1, 0.15) is 10.8 Å². The second-order valence-corrected chi connectivity index (χ2v) is 4.85. The lowest BCUT2D eigenvalue weighted by atomic mass is 10.2. The van der Waals surface area contributed by atoms with Gasteiger partial charge in [0.2, 0.25) is 0 Å². The second-order valence-electron chi connectivity index (χ2n) is 3.42. The summed E-state index contributed by atoms with van der Waals surface area (Å²) in [6.07, 6.45) is 6.22. The number of rotatable bonds is 7. The van der Waals surface area contributed by atoms with Crippen molar-refractivity contribution in [3.8, 4) is 0 Å². The minimum Gasteiger partial charge on any atom is -0.389 e. The molecule has 0 amide bonds. The summed E-state index contributed by atoms with van der Waals surface area (Å²) in [5.41, 5.74) is 6.41. The molecule has 0 aliphatic heterocycles. The molecule has 1 rings (SSSR count). The SMILES string of the molecule is CSCCCCNc1cc(C(N)=S)ccn1. The van der Waals surface area contributed by atoms with Crippen molar-refractivity contribution < 1.29 is 0 Å². The lowest BCUT2D eigenvalue weighted by Gasteiger charge is -2.06. The minimum atomic E-state index is 0.410. The van der Waals surface area contributed by atoms with Gasteiger partial charge in [0.15, 0.2) is 0 Å². The second kappa shape index (κ2) is 7.46. The van der Waals surface area contributed by atoms with Gasteiger partial charge in [0.05, 0.1) is 0 Å². The van der Waals surface area contributed by atoms with Crippen molar-refractivity contribution in [3.05, 3.63) is 23.9 Å². The van der Waals surface area contributed by atoms with Crippen LogP contribution in [0.15, 0.2) is 18.3 Å². The molecule has 16 heavy (non-hydrogen) atoms. The van der Waals surface area contributed by atoms with Crippen molar-refractivity contribution >= 4 is 34.8 Å². The van der Waals surface area contributed by atoms with E-state index >= 15 is 0 Å². The molecule has 1 heterocycles. The minimum absolute atomic E-state index is 0.410. The lowest BCUT2D eigenvalue weighted by molar-refractivity contribution is 0.840. The molecule has 0 saturated heterocycles. The van der Waals surface area contributed by atoms with Crippen molar-refractivity contribution in [2.24, 2.45) is 5.73 Å². The summed E-state index contributed by atoms with van der Waals surface area (Å²) in [5.74, 6) is 2.05. The zero-order valence-corrected chi connectivity index (χ0v) is 11.0. The molecule has 1 aromatic heterocycles. The number of nitrogens with zero attached hydrogens (tertiary/aromatic N) is 1. The number of anilines is 1. The summed E-state index contributed by atoms with van der Waals surface area (Å²) < 4.78 is 0. The number of thiocarbonyl (C=S) groups is 1. The van der Waals surface area contributed by atoms with E-state index < -0.39 is 0 Å². The first-order valence-electron chi connectivity index (χ1n) is 5.22. The summed E-state index contributed by atoms with van der Waals surface area (Å²) in [7, 11) is 0. The first-order valence-corrected chi connectivity index (χ1v) is 7.03. The summed E-state index contributed by atoms with van der Waals surface area (Å²) in [6, 6.07) is 3.71. The van der Waals surface area contributed by atoms with Gasteiger partial charge in [0.25, 0.3) is 0 Å². The topological polar surface area (TPSA) is 50.9 Å². The molecule has 3 N–H and O–H groups in total. The van der Waals surface area contributed by atoms with E-state index in [0.717, 1.165) is 24.3 Å². The van der Waals surface area contributed by atoms with E-state index in [1.165, 1.54) is 12.2 Å². The molecule has 0 radical (unpaired) electrons. The van der Waals surface area contributed by atoms with Crippen molar-refractivity contribution in [1.29, 1.82) is 0 Å². The smallest absolute Gasteiger partial charge is 0.126 e. The summed E-state index contributed by atoms with van der Waals surface area (Å²) in [5, 5.41) is 3.26. The predicted octanol–water partition coefficient (Wildman–Crippen LogP) is 2.27. The van der Waals surface area contributed by atoms with Crippen molar-refractivity contribution in [1.82, 2.24) is 4.98 Å². The number of thioether (sulfide) groups is 1. The molecule has 0 fully saturated rings. The van der Waals surface area contributed by atoms with Gasteiger partial charge in [-0.05, 0) is 37.0 Å². The van der Waals surface area contributed by atoms with Gasteiger partial charge in [-0.25, -0.2) is 4.98 Å². The fourth-order valence-electron chi connectivity index (χ4n) is 1.27. The van der Waals surface area contributed by atoms with Crippen molar-refractivity contribution in [2.45, 2.75) is 12.8 Å². The van der Waals surface area contributed by atoms with Gasteiger partial charge >= 0.3 is 0 Å². The van der Waals surface area contributed by atoms with E-state index in [-0.39, 0.29) is 0 Å². The van der Waals surface area contributed by atoms with Crippen LogP contribution in [-0.2, 0) is 0 Å². The number of hydrogen-bond acceptors (Lipinski definition) is 4. The Morgan fingerprint density at radius 3 is 3.06 bits per heavy atom. The summed E-state index contributed by atoms with van der Waals surface area (Å²) in [4.78, 5) is 4.62. The van der Waals surface area contributed by atoms with Gasteiger partial charge in [-0.1, -0.05) is 12.2 Å². The third kappa shape index (κ3) is 4.81. The highest BCUT2D eigenvalue weighted by atomic mass is 32.2. The quantitative estimate of drug-likeness (QED) is 0.578. The molecular weight excluding hydrogens is 238 g/mol. The van der Waals surface area contributed by atoms with Crippen LogP contribution in [0.5, 0.6) is 0 Å². The van der Waals surface area contributed by atoms with Gasteiger partial charge < -0.3 is 11.1 Å². The maximum Gasteiger partial charge on any atom is 0.126 e. The normalized spacial score (nSPS) is 10.1. The van der Waals surface area contributed by atoms with E-state index in [1.54, 1.807) is 6.20 Å². The molecule has 5 heteroatoms. The molecule has 0 spiro atoms. The van der Waals surface area contributed by atoms with E-state index in [4.69, 9.17) is 18.0 Å². The van der Waals surface area contributed by atoms with Crippen LogP contribution in [0.2, 0.25) is 0 Å². The number of aromatic nitrogens is 1. The highest BCUT2D eigenvalue weighted by Gasteiger charge is 1.98. The van der Waals surface area contributed by atoms with Crippen LogP contribution in [0.3, 0.4) is 0 Å². The van der Waals surface area contributed by atoms with Crippen LogP contribution in [0.25, 0.3) is 0 Å². The maximum atomic E-state index is 5.55. The molecule has 0 bridgehead atoms. The van der Waals surface area contributed by atoms with Crippen LogP contribution in [0, 0.1) is 0 Å². The fourth-order valence-corrected chi connectivity index (χ4v) is 1.89. The fraction of sp³-hybridized carbons (Fsp3) is 0.455. The van der Waals surface area contributed by atoms with Crippen LogP contribution in [0.1, 0.15) is 18.4 Å². The van der Waals surface area contributed by atoms with E-state index in [0.29, 0.717) is 4.99 Å². The zero-order valence-electron chi connectivity index (χ0n) is 9.40. The molecule has 0 aromatic carbocycles. The Labute approximate surface area is 106 Å². The molecule has 88 valence electrons. The van der Waals surface area contributed by atoms with E-state index in [1.807, 2.05) is 23.9 Å². The van der Waals surface area contributed by atoms with Gasteiger partial charge in [-0.15, -0.1) is 0 Å². The molecule has 0 atom stereocenters. The highest BCUT2D eigenvalue weighted by molar-refractivity contribution is 7.98. The molecule has 0 saturated carbocycles. The van der Waals surface area contributed by atoms with Gasteiger partial charge in [0, 0.05) is 18.3 Å². The lowest BCUT2D eigenvalue weighted by Crippen LogP contribution is -2.11. The van der Waals surface area contributed by atoms with E-state index in [9.17, 15) is 0 Å². The van der Waals surface area contributed by atoms with Gasteiger partial charge in [-0.3, -0.25) is 0 Å². The molecule has 1 aromatic rings. The number of nitrogens with one attached hydrogen (secondary N) is 1. The highest BCUT2D eigenvalue weighted by Crippen LogP contribution is 2.07. The third-order valence-electron chi connectivity index (χ3n) is 2.13. The van der Waals surface area contributed by atoms with E-state index in [2.05, 4.69) is 16.6 Å².